The van der Waals surface area contributed by atoms with Crippen LogP contribution in [0.1, 0.15) is 5.69 Å². The molecule has 0 saturated heterocycles. The van der Waals surface area contributed by atoms with Crippen molar-refractivity contribution < 1.29 is 13.2 Å². The Balaban J connectivity index is 1.94. The van der Waals surface area contributed by atoms with Crippen LogP contribution in [0, 0.1) is 0 Å². The lowest BCUT2D eigenvalue weighted by molar-refractivity contribution is -0.140. The number of rotatable bonds is 2. The van der Waals surface area contributed by atoms with Crippen LogP contribution in [-0.4, -0.2) is 19.5 Å². The van der Waals surface area contributed by atoms with E-state index in [4.69, 9.17) is 0 Å². The molecule has 120 valence electrons. The summed E-state index contributed by atoms with van der Waals surface area (Å²) in [7, 11) is 0. The summed E-state index contributed by atoms with van der Waals surface area (Å²) >= 11 is 0. The normalized spacial score (nSPS) is 12.0. The first-order chi connectivity index (χ1) is 11.5. The summed E-state index contributed by atoms with van der Waals surface area (Å²) in [6.07, 6.45) is -3.08. The van der Waals surface area contributed by atoms with Crippen LogP contribution in [0.5, 0.6) is 0 Å². The van der Waals surface area contributed by atoms with Gasteiger partial charge in [0.05, 0.1) is 11.0 Å². The van der Waals surface area contributed by atoms with Gasteiger partial charge in [-0.3, -0.25) is 4.57 Å². The lowest BCUT2D eigenvalue weighted by Gasteiger charge is -2.06. The highest BCUT2D eigenvalue weighted by Crippen LogP contribution is 2.36. The van der Waals surface area contributed by atoms with Crippen molar-refractivity contribution in [1.29, 1.82) is 0 Å². The predicted molar refractivity (Wildman–Crippen MR) is 83.7 cm³/mol. The molecule has 0 bridgehead atoms. The average molecular weight is 328 g/mol. The van der Waals surface area contributed by atoms with E-state index in [9.17, 15) is 13.2 Å². The van der Waals surface area contributed by atoms with Gasteiger partial charge in [0.15, 0.2) is 0 Å². The van der Waals surface area contributed by atoms with Crippen LogP contribution in [0.15, 0.2) is 60.9 Å². The molecule has 0 fully saturated rings. The van der Waals surface area contributed by atoms with Crippen molar-refractivity contribution in [3.05, 3.63) is 66.6 Å². The molecule has 0 aliphatic carbocycles. The van der Waals surface area contributed by atoms with E-state index in [2.05, 4.69) is 15.0 Å². The Labute approximate surface area is 134 Å². The number of nitrogens with one attached hydrogen (secondary N) is 1. The summed E-state index contributed by atoms with van der Waals surface area (Å²) in [5, 5.41) is 0. The minimum atomic E-state index is -4.53. The van der Waals surface area contributed by atoms with E-state index in [1.54, 1.807) is 48.5 Å². The maximum absolute atomic E-state index is 13.4. The van der Waals surface area contributed by atoms with Crippen molar-refractivity contribution in [3.8, 4) is 17.2 Å². The fourth-order valence-electron chi connectivity index (χ4n) is 2.61. The van der Waals surface area contributed by atoms with Gasteiger partial charge >= 0.3 is 6.18 Å². The summed E-state index contributed by atoms with van der Waals surface area (Å²) in [5.74, 6) is 0.0786. The van der Waals surface area contributed by atoms with Crippen LogP contribution in [0.2, 0.25) is 0 Å². The molecule has 1 N–H and O–H groups in total. The second kappa shape index (κ2) is 5.23. The summed E-state index contributed by atoms with van der Waals surface area (Å²) in [6, 6.07) is 15.5. The van der Waals surface area contributed by atoms with Gasteiger partial charge in [-0.2, -0.15) is 13.2 Å². The predicted octanol–water partition coefficient (Wildman–Crippen LogP) is 4.43. The van der Waals surface area contributed by atoms with E-state index in [0.717, 1.165) is 0 Å². The minimum Gasteiger partial charge on any atom is -0.319 e. The van der Waals surface area contributed by atoms with Crippen molar-refractivity contribution in [2.45, 2.75) is 6.18 Å². The van der Waals surface area contributed by atoms with Gasteiger partial charge in [0.2, 0.25) is 5.95 Å². The van der Waals surface area contributed by atoms with E-state index in [0.29, 0.717) is 16.6 Å². The summed E-state index contributed by atoms with van der Waals surface area (Å²) < 4.78 is 41.7. The van der Waals surface area contributed by atoms with E-state index >= 15 is 0 Å². The number of nitrogens with zero attached hydrogens (tertiary/aromatic N) is 3. The molecule has 0 radical (unpaired) electrons. The van der Waals surface area contributed by atoms with Gasteiger partial charge in [-0.25, -0.2) is 9.97 Å². The molecule has 0 aliphatic heterocycles. The maximum Gasteiger partial charge on any atom is 0.433 e. The van der Waals surface area contributed by atoms with Crippen LogP contribution in [0.3, 0.4) is 0 Å². The Morgan fingerprint density at radius 3 is 2.38 bits per heavy atom. The molecule has 0 amide bonds. The molecule has 0 saturated carbocycles. The Morgan fingerprint density at radius 1 is 0.917 bits per heavy atom. The van der Waals surface area contributed by atoms with Crippen LogP contribution < -0.4 is 0 Å². The number of hydrogen-bond acceptors (Lipinski definition) is 2. The third-order valence-electron chi connectivity index (χ3n) is 3.70. The maximum atomic E-state index is 13.4. The van der Waals surface area contributed by atoms with Crippen LogP contribution in [0.25, 0.3) is 28.2 Å². The molecule has 4 aromatic rings. The number of aromatic amines is 1. The lowest BCUT2D eigenvalue weighted by Crippen LogP contribution is -2.07. The molecule has 2 aromatic heterocycles. The van der Waals surface area contributed by atoms with Gasteiger partial charge in [-0.05, 0) is 12.1 Å². The van der Waals surface area contributed by atoms with Crippen LogP contribution in [-0.2, 0) is 6.18 Å². The smallest absolute Gasteiger partial charge is 0.319 e. The molecule has 24 heavy (non-hydrogen) atoms. The molecule has 7 heteroatoms. The molecule has 0 aliphatic rings. The fourth-order valence-corrected chi connectivity index (χ4v) is 2.61. The molecule has 0 atom stereocenters. The Bertz CT molecular complexity index is 1000. The SMILES string of the molecule is FC(F)(F)c1[nH]c(-n2cnc3ccccc32)nc1-c1ccccc1. The van der Waals surface area contributed by atoms with E-state index in [1.807, 2.05) is 6.07 Å². The molecule has 4 rings (SSSR count). The number of imidazole rings is 2. The Morgan fingerprint density at radius 2 is 1.62 bits per heavy atom. The lowest BCUT2D eigenvalue weighted by atomic mass is 10.1. The molecule has 2 aromatic carbocycles. The zero-order valence-corrected chi connectivity index (χ0v) is 12.2. The first-order valence-electron chi connectivity index (χ1n) is 7.19. The zero-order chi connectivity index (χ0) is 16.7. The number of para-hydroxylation sites is 2. The largest absolute Gasteiger partial charge is 0.433 e. The monoisotopic (exact) mass is 328 g/mol. The highest BCUT2D eigenvalue weighted by Gasteiger charge is 2.37. The van der Waals surface area contributed by atoms with Gasteiger partial charge in [0, 0.05) is 5.56 Å². The molecular formula is C17H11F3N4. The number of benzene rings is 2. The van der Waals surface area contributed by atoms with E-state index < -0.39 is 11.9 Å². The quantitative estimate of drug-likeness (QED) is 0.591. The second-order valence-corrected chi connectivity index (χ2v) is 5.25. The topological polar surface area (TPSA) is 46.5 Å². The zero-order valence-electron chi connectivity index (χ0n) is 12.2. The molecule has 2 heterocycles. The first-order valence-corrected chi connectivity index (χ1v) is 7.19. The van der Waals surface area contributed by atoms with Crippen LogP contribution in [0.4, 0.5) is 13.2 Å². The second-order valence-electron chi connectivity index (χ2n) is 5.25. The number of aromatic nitrogens is 4. The molecule has 0 spiro atoms. The highest BCUT2D eigenvalue weighted by molar-refractivity contribution is 5.77. The Kier molecular flexibility index (Phi) is 3.16. The Hall–Kier alpha value is -3.09. The van der Waals surface area contributed by atoms with E-state index in [1.165, 1.54) is 10.9 Å². The number of alkyl halides is 3. The van der Waals surface area contributed by atoms with Gasteiger partial charge in [-0.1, -0.05) is 42.5 Å². The number of H-pyrrole nitrogens is 1. The standard InChI is InChI=1S/C17H11F3N4/c18-17(19,20)15-14(11-6-2-1-3-7-11)22-16(23-15)24-10-21-12-8-4-5-9-13(12)24/h1-10H,(H,22,23). The van der Waals surface area contributed by atoms with Crippen molar-refractivity contribution in [2.24, 2.45) is 0 Å². The third-order valence-corrected chi connectivity index (χ3v) is 3.70. The van der Waals surface area contributed by atoms with E-state index in [-0.39, 0.29) is 11.6 Å². The van der Waals surface area contributed by atoms with Gasteiger partial charge in [0.25, 0.3) is 0 Å². The van der Waals surface area contributed by atoms with Crippen molar-refractivity contribution in [2.75, 3.05) is 0 Å². The molecule has 0 unspecified atom stereocenters. The highest BCUT2D eigenvalue weighted by atomic mass is 19.4. The van der Waals surface area contributed by atoms with Crippen molar-refractivity contribution in [1.82, 2.24) is 19.5 Å². The van der Waals surface area contributed by atoms with Crippen molar-refractivity contribution in [3.63, 3.8) is 0 Å². The summed E-state index contributed by atoms with van der Waals surface area (Å²) in [5.41, 5.74) is 0.761. The first kappa shape index (κ1) is 14.5. The summed E-state index contributed by atoms with van der Waals surface area (Å²) in [6.45, 7) is 0. The van der Waals surface area contributed by atoms with Gasteiger partial charge in [0.1, 0.15) is 17.7 Å². The third kappa shape index (κ3) is 2.34. The van der Waals surface area contributed by atoms with Gasteiger partial charge in [-0.15, -0.1) is 0 Å². The average Bonchev–Trinajstić information content (AvgIpc) is 3.19. The van der Waals surface area contributed by atoms with Crippen LogP contribution >= 0.6 is 0 Å². The minimum absolute atomic E-state index is 0.0786. The molecular weight excluding hydrogens is 317 g/mol. The fraction of sp³-hybridized carbons (Fsp3) is 0.0588. The summed E-state index contributed by atoms with van der Waals surface area (Å²) in [4.78, 5) is 10.8. The molecule has 4 nitrogen and oxygen atoms in total. The number of halogens is 3. The van der Waals surface area contributed by atoms with Gasteiger partial charge < -0.3 is 4.98 Å². The number of fused-ring (bicyclic) bond motifs is 1. The number of hydrogen-bond donors (Lipinski definition) is 1. The van der Waals surface area contributed by atoms with Crippen molar-refractivity contribution >= 4 is 11.0 Å².